The second-order valence-electron chi connectivity index (χ2n) is 9.05. The molecule has 1 saturated heterocycles. The third-order valence-electron chi connectivity index (χ3n) is 6.45. The molecule has 0 aliphatic carbocycles. The Bertz CT molecular complexity index is 1580. The average Bonchev–Trinajstić information content (AvgIpc) is 3.53. The number of benzene rings is 1. The Hall–Kier alpha value is -3.28. The van der Waals surface area contributed by atoms with Gasteiger partial charge in [0, 0.05) is 40.7 Å². The van der Waals surface area contributed by atoms with Crippen LogP contribution in [0.1, 0.15) is 48.1 Å². The van der Waals surface area contributed by atoms with Gasteiger partial charge in [0.15, 0.2) is 5.78 Å². The van der Waals surface area contributed by atoms with Gasteiger partial charge in [-0.25, -0.2) is 17.8 Å². The number of carbonyl (C=O) groups excluding carboxylic acids is 1. The number of hydrogen-bond acceptors (Lipinski definition) is 6. The molecule has 1 fully saturated rings. The molecular weight excluding hydrogens is 519 g/mol. The van der Waals surface area contributed by atoms with Gasteiger partial charge in [-0.05, 0) is 50.6 Å². The predicted octanol–water partition coefficient (Wildman–Crippen LogP) is 4.53. The number of pyridine rings is 1. The van der Waals surface area contributed by atoms with E-state index < -0.39 is 27.2 Å². The molecule has 1 aliphatic heterocycles. The Balaban J connectivity index is 1.49. The standard InChI is InChI=1S/C25H26ClFN6O3S/c1-2-9-37(35,36)32-21-4-3-20(27)22(23(21)26)24(34)19-13-30-25-18(19)10-15(11-29-25)16-12-31-33(14-16)17-5-7-28-8-6-17/h3-4,10-14,17,28,32H,2,5-9H2,1H3,(H,29,30). The molecule has 3 N–H and O–H groups in total. The number of aromatic nitrogens is 4. The van der Waals surface area contributed by atoms with Gasteiger partial charge in [0.05, 0.1) is 34.3 Å². The lowest BCUT2D eigenvalue weighted by molar-refractivity contribution is 0.103. The van der Waals surface area contributed by atoms with Gasteiger partial charge in [-0.3, -0.25) is 14.2 Å². The number of ketones is 1. The summed E-state index contributed by atoms with van der Waals surface area (Å²) in [6.07, 6.45) is 9.25. The molecule has 0 bridgehead atoms. The molecule has 0 spiro atoms. The molecule has 0 saturated carbocycles. The maximum atomic E-state index is 14.9. The number of piperidine rings is 1. The van der Waals surface area contributed by atoms with Crippen molar-refractivity contribution in [3.8, 4) is 11.1 Å². The molecule has 1 aliphatic rings. The van der Waals surface area contributed by atoms with Crippen LogP contribution in [0.4, 0.5) is 10.1 Å². The van der Waals surface area contributed by atoms with Crippen molar-refractivity contribution in [3.63, 3.8) is 0 Å². The second-order valence-corrected chi connectivity index (χ2v) is 11.3. The largest absolute Gasteiger partial charge is 0.345 e. The topological polar surface area (TPSA) is 122 Å². The molecule has 194 valence electrons. The Morgan fingerprint density at radius 2 is 2.03 bits per heavy atom. The van der Waals surface area contributed by atoms with Crippen molar-refractivity contribution >= 4 is 44.1 Å². The Labute approximate surface area is 218 Å². The summed E-state index contributed by atoms with van der Waals surface area (Å²) < 4.78 is 43.6. The lowest BCUT2D eigenvalue weighted by atomic mass is 10.0. The number of carbonyl (C=O) groups is 1. The molecule has 4 heterocycles. The fourth-order valence-electron chi connectivity index (χ4n) is 4.57. The first-order chi connectivity index (χ1) is 17.8. The minimum Gasteiger partial charge on any atom is -0.345 e. The minimum atomic E-state index is -3.69. The van der Waals surface area contributed by atoms with Crippen LogP contribution < -0.4 is 10.0 Å². The van der Waals surface area contributed by atoms with E-state index in [-0.39, 0.29) is 22.0 Å². The van der Waals surface area contributed by atoms with Crippen LogP contribution in [0.15, 0.2) is 43.0 Å². The highest BCUT2D eigenvalue weighted by Crippen LogP contribution is 2.33. The number of hydrogen-bond donors (Lipinski definition) is 3. The number of rotatable bonds is 8. The number of anilines is 1. The summed E-state index contributed by atoms with van der Waals surface area (Å²) in [6, 6.07) is 4.35. The van der Waals surface area contributed by atoms with E-state index >= 15 is 0 Å². The number of nitrogens with one attached hydrogen (secondary N) is 3. The third kappa shape index (κ3) is 5.11. The van der Waals surface area contributed by atoms with Gasteiger partial charge in [0.25, 0.3) is 0 Å². The van der Waals surface area contributed by atoms with E-state index in [2.05, 4.69) is 25.1 Å². The first-order valence-corrected chi connectivity index (χ1v) is 14.1. The first kappa shape index (κ1) is 25.4. The summed E-state index contributed by atoms with van der Waals surface area (Å²) in [5.41, 5.74) is 1.77. The van der Waals surface area contributed by atoms with Crippen LogP contribution in [0.25, 0.3) is 22.2 Å². The minimum absolute atomic E-state index is 0.0520. The summed E-state index contributed by atoms with van der Waals surface area (Å²) in [5.74, 6) is -1.67. The molecule has 5 rings (SSSR count). The van der Waals surface area contributed by atoms with Crippen LogP contribution >= 0.6 is 11.6 Å². The molecule has 0 radical (unpaired) electrons. The number of nitrogens with zero attached hydrogens (tertiary/aromatic N) is 3. The zero-order chi connectivity index (χ0) is 26.2. The van der Waals surface area contributed by atoms with Crippen LogP contribution in [0.2, 0.25) is 5.02 Å². The number of H-pyrrole nitrogens is 1. The van der Waals surface area contributed by atoms with Gasteiger partial charge in [-0.1, -0.05) is 18.5 Å². The second kappa shape index (κ2) is 10.2. The van der Waals surface area contributed by atoms with Crippen molar-refractivity contribution in [1.82, 2.24) is 25.1 Å². The lowest BCUT2D eigenvalue weighted by Gasteiger charge is -2.22. The number of fused-ring (bicyclic) bond motifs is 1. The Morgan fingerprint density at radius 1 is 1.24 bits per heavy atom. The van der Waals surface area contributed by atoms with Gasteiger partial charge in [-0.2, -0.15) is 5.10 Å². The van der Waals surface area contributed by atoms with Gasteiger partial charge in [0.1, 0.15) is 11.5 Å². The molecule has 0 atom stereocenters. The zero-order valence-corrected chi connectivity index (χ0v) is 21.7. The number of halogens is 2. The third-order valence-corrected chi connectivity index (χ3v) is 8.32. The van der Waals surface area contributed by atoms with E-state index in [9.17, 15) is 17.6 Å². The number of aromatic amines is 1. The molecule has 12 heteroatoms. The van der Waals surface area contributed by atoms with E-state index in [1.54, 1.807) is 25.4 Å². The molecule has 4 aromatic rings. The van der Waals surface area contributed by atoms with Crippen LogP contribution in [0, 0.1) is 5.82 Å². The Kier molecular flexibility index (Phi) is 7.02. The molecule has 37 heavy (non-hydrogen) atoms. The highest BCUT2D eigenvalue weighted by molar-refractivity contribution is 7.92. The molecule has 1 aromatic carbocycles. The van der Waals surface area contributed by atoms with E-state index in [1.165, 1.54) is 12.3 Å². The highest BCUT2D eigenvalue weighted by atomic mass is 35.5. The van der Waals surface area contributed by atoms with Crippen molar-refractivity contribution < 1.29 is 17.6 Å². The molecule has 0 amide bonds. The first-order valence-electron chi connectivity index (χ1n) is 12.0. The smallest absolute Gasteiger partial charge is 0.232 e. The summed E-state index contributed by atoms with van der Waals surface area (Å²) in [4.78, 5) is 20.9. The van der Waals surface area contributed by atoms with Crippen molar-refractivity contribution in [3.05, 3.63) is 65.0 Å². The molecule has 9 nitrogen and oxygen atoms in total. The summed E-state index contributed by atoms with van der Waals surface area (Å²) in [7, 11) is -3.69. The quantitative estimate of drug-likeness (QED) is 0.280. The van der Waals surface area contributed by atoms with E-state index in [0.29, 0.717) is 23.5 Å². The van der Waals surface area contributed by atoms with Crippen molar-refractivity contribution in [2.75, 3.05) is 23.6 Å². The van der Waals surface area contributed by atoms with E-state index in [1.807, 2.05) is 10.9 Å². The maximum Gasteiger partial charge on any atom is 0.232 e. The zero-order valence-electron chi connectivity index (χ0n) is 20.1. The normalized spacial score (nSPS) is 14.8. The SMILES string of the molecule is CCCS(=O)(=O)Nc1ccc(F)c(C(=O)c2c[nH]c3ncc(-c4cnn(C5CCNCC5)c4)cc23)c1Cl. The maximum absolute atomic E-state index is 14.9. The van der Waals surface area contributed by atoms with Crippen molar-refractivity contribution in [1.29, 1.82) is 0 Å². The highest BCUT2D eigenvalue weighted by Gasteiger charge is 2.25. The van der Waals surface area contributed by atoms with Crippen molar-refractivity contribution in [2.24, 2.45) is 0 Å². The van der Waals surface area contributed by atoms with Gasteiger partial charge in [0.2, 0.25) is 10.0 Å². The molecule has 3 aromatic heterocycles. The molecular formula is C25H26ClFN6O3S. The van der Waals surface area contributed by atoms with Crippen LogP contribution in [-0.4, -0.2) is 52.8 Å². The van der Waals surface area contributed by atoms with Gasteiger partial charge < -0.3 is 10.3 Å². The predicted molar refractivity (Wildman–Crippen MR) is 141 cm³/mol. The van der Waals surface area contributed by atoms with Gasteiger partial charge >= 0.3 is 0 Å². The fourth-order valence-corrected chi connectivity index (χ4v) is 6.06. The molecule has 0 unspecified atom stereocenters. The fraction of sp³-hybridized carbons (Fsp3) is 0.320. The van der Waals surface area contributed by atoms with Crippen molar-refractivity contribution in [2.45, 2.75) is 32.2 Å². The van der Waals surface area contributed by atoms with Crippen LogP contribution in [-0.2, 0) is 10.0 Å². The van der Waals surface area contributed by atoms with E-state index in [4.69, 9.17) is 11.6 Å². The lowest BCUT2D eigenvalue weighted by Crippen LogP contribution is -2.29. The summed E-state index contributed by atoms with van der Waals surface area (Å²) in [6.45, 7) is 3.61. The summed E-state index contributed by atoms with van der Waals surface area (Å²) in [5, 5.41) is 8.06. The average molecular weight is 545 g/mol. The monoisotopic (exact) mass is 544 g/mol. The summed E-state index contributed by atoms with van der Waals surface area (Å²) >= 11 is 6.36. The number of sulfonamides is 1. The van der Waals surface area contributed by atoms with E-state index in [0.717, 1.165) is 43.1 Å². The van der Waals surface area contributed by atoms with Crippen LogP contribution in [0.5, 0.6) is 0 Å². The Morgan fingerprint density at radius 3 is 2.78 bits per heavy atom. The van der Waals surface area contributed by atoms with Gasteiger partial charge in [-0.15, -0.1) is 0 Å². The van der Waals surface area contributed by atoms with Crippen LogP contribution in [0.3, 0.4) is 0 Å².